The summed E-state index contributed by atoms with van der Waals surface area (Å²) in [6.07, 6.45) is 1.36. The Hall–Kier alpha value is -1.37. The summed E-state index contributed by atoms with van der Waals surface area (Å²) in [4.78, 5) is 6.12. The molecule has 1 aliphatic heterocycles. The molecule has 7 heteroatoms. The van der Waals surface area contributed by atoms with E-state index in [9.17, 15) is 17.6 Å². The molecule has 0 aliphatic carbocycles. The van der Waals surface area contributed by atoms with Gasteiger partial charge in [0.1, 0.15) is 5.69 Å². The molecule has 0 bridgehead atoms. The van der Waals surface area contributed by atoms with Crippen LogP contribution >= 0.6 is 0 Å². The van der Waals surface area contributed by atoms with E-state index in [1.165, 1.54) is 11.9 Å². The van der Waals surface area contributed by atoms with Gasteiger partial charge in [0.05, 0.1) is 0 Å². The smallest absolute Gasteiger partial charge is 0.253 e. The van der Waals surface area contributed by atoms with E-state index in [-0.39, 0.29) is 6.04 Å². The van der Waals surface area contributed by atoms with Gasteiger partial charge in [-0.3, -0.25) is 0 Å². The number of aromatic nitrogens is 1. The zero-order valence-corrected chi connectivity index (χ0v) is 12.3. The van der Waals surface area contributed by atoms with Gasteiger partial charge < -0.3 is 9.80 Å². The summed E-state index contributed by atoms with van der Waals surface area (Å²) in [6.45, 7) is 5.73. The first-order valence-corrected chi connectivity index (χ1v) is 6.99. The van der Waals surface area contributed by atoms with Gasteiger partial charge in [0.25, 0.3) is 11.9 Å². The van der Waals surface area contributed by atoms with Crippen molar-refractivity contribution in [2.24, 2.45) is 0 Å². The maximum Gasteiger partial charge on any atom is 0.253 e. The largest absolute Gasteiger partial charge is 0.366 e. The lowest BCUT2D eigenvalue weighted by Gasteiger charge is -2.39. The van der Waals surface area contributed by atoms with Crippen molar-refractivity contribution in [2.75, 3.05) is 25.0 Å². The predicted octanol–water partition coefficient (Wildman–Crippen LogP) is 2.95. The van der Waals surface area contributed by atoms with E-state index in [0.29, 0.717) is 18.9 Å². The van der Waals surface area contributed by atoms with Gasteiger partial charge in [-0.2, -0.15) is 22.5 Å². The van der Waals surface area contributed by atoms with Gasteiger partial charge >= 0.3 is 0 Å². The molecule has 2 rings (SSSR count). The van der Waals surface area contributed by atoms with Crippen LogP contribution in [-0.2, 0) is 0 Å². The standard InChI is InChI=1S/C14H19F4N3/c1-8(2)21-6-4-9(5-7-21)20(3)12-10(15)13(17)19-14(18)11(12)16/h8-9H,4-7H2,1-3H3. The second kappa shape index (κ2) is 6.17. The number of anilines is 1. The van der Waals surface area contributed by atoms with E-state index in [4.69, 9.17) is 0 Å². The Balaban J connectivity index is 2.20. The van der Waals surface area contributed by atoms with Crippen molar-refractivity contribution in [1.82, 2.24) is 9.88 Å². The van der Waals surface area contributed by atoms with Crippen molar-refractivity contribution in [1.29, 1.82) is 0 Å². The number of rotatable bonds is 3. The molecular formula is C14H19F4N3. The minimum absolute atomic E-state index is 0.162. The summed E-state index contributed by atoms with van der Waals surface area (Å²) in [7, 11) is 1.45. The number of nitrogens with zero attached hydrogens (tertiary/aromatic N) is 3. The lowest BCUT2D eigenvalue weighted by atomic mass is 10.0. The average Bonchev–Trinajstić information content (AvgIpc) is 2.45. The minimum Gasteiger partial charge on any atom is -0.366 e. The molecule has 0 amide bonds. The van der Waals surface area contributed by atoms with Gasteiger partial charge in [0.2, 0.25) is 11.6 Å². The van der Waals surface area contributed by atoms with E-state index in [1.807, 2.05) is 0 Å². The number of piperidine rings is 1. The zero-order valence-electron chi connectivity index (χ0n) is 12.3. The first-order chi connectivity index (χ1) is 9.82. The van der Waals surface area contributed by atoms with Crippen LogP contribution in [0.15, 0.2) is 0 Å². The van der Waals surface area contributed by atoms with Crippen molar-refractivity contribution in [3.05, 3.63) is 23.5 Å². The van der Waals surface area contributed by atoms with Crippen LogP contribution < -0.4 is 4.90 Å². The van der Waals surface area contributed by atoms with Crippen molar-refractivity contribution >= 4 is 5.69 Å². The molecule has 0 saturated carbocycles. The highest BCUT2D eigenvalue weighted by molar-refractivity contribution is 5.48. The van der Waals surface area contributed by atoms with Crippen LogP contribution in [0.5, 0.6) is 0 Å². The molecule has 1 aliphatic rings. The van der Waals surface area contributed by atoms with Crippen LogP contribution in [-0.4, -0.2) is 42.1 Å². The highest BCUT2D eigenvalue weighted by atomic mass is 19.2. The molecular weight excluding hydrogens is 286 g/mol. The molecule has 0 unspecified atom stereocenters. The second-order valence-corrected chi connectivity index (χ2v) is 5.64. The summed E-state index contributed by atoms with van der Waals surface area (Å²) >= 11 is 0. The molecule has 0 radical (unpaired) electrons. The molecule has 21 heavy (non-hydrogen) atoms. The van der Waals surface area contributed by atoms with Crippen LogP contribution in [0.2, 0.25) is 0 Å². The van der Waals surface area contributed by atoms with Crippen molar-refractivity contribution in [2.45, 2.75) is 38.8 Å². The van der Waals surface area contributed by atoms with E-state index in [1.54, 1.807) is 0 Å². The normalized spacial score (nSPS) is 17.5. The van der Waals surface area contributed by atoms with E-state index >= 15 is 0 Å². The molecule has 118 valence electrons. The SMILES string of the molecule is CC(C)N1CCC(N(C)c2c(F)c(F)nc(F)c2F)CC1. The van der Waals surface area contributed by atoms with Crippen LogP contribution in [0.25, 0.3) is 0 Å². The number of pyridine rings is 1. The van der Waals surface area contributed by atoms with Crippen molar-refractivity contribution in [3.8, 4) is 0 Å². The third-order valence-electron chi connectivity index (χ3n) is 4.10. The molecule has 1 aromatic rings. The molecule has 3 nitrogen and oxygen atoms in total. The fourth-order valence-electron chi connectivity index (χ4n) is 2.76. The third-order valence-corrected chi connectivity index (χ3v) is 4.10. The maximum absolute atomic E-state index is 13.8. The Kier molecular flexibility index (Phi) is 4.70. The van der Waals surface area contributed by atoms with Crippen LogP contribution in [0.3, 0.4) is 0 Å². The zero-order chi connectivity index (χ0) is 15.7. The monoisotopic (exact) mass is 305 g/mol. The van der Waals surface area contributed by atoms with Crippen LogP contribution in [0.1, 0.15) is 26.7 Å². The highest BCUT2D eigenvalue weighted by Gasteiger charge is 2.30. The average molecular weight is 305 g/mol. The quantitative estimate of drug-likeness (QED) is 0.632. The summed E-state index contributed by atoms with van der Waals surface area (Å²) < 4.78 is 53.9. The summed E-state index contributed by atoms with van der Waals surface area (Å²) in [5.74, 6) is -6.11. The van der Waals surface area contributed by atoms with Gasteiger partial charge in [-0.1, -0.05) is 0 Å². The molecule has 0 N–H and O–H groups in total. The van der Waals surface area contributed by atoms with Crippen molar-refractivity contribution in [3.63, 3.8) is 0 Å². The Morgan fingerprint density at radius 1 is 1.05 bits per heavy atom. The second-order valence-electron chi connectivity index (χ2n) is 5.64. The van der Waals surface area contributed by atoms with Gasteiger partial charge in [-0.05, 0) is 26.7 Å². The molecule has 1 aromatic heterocycles. The molecule has 0 aromatic carbocycles. The number of likely N-dealkylation sites (tertiary alicyclic amines) is 1. The lowest BCUT2D eigenvalue weighted by molar-refractivity contribution is 0.170. The lowest BCUT2D eigenvalue weighted by Crippen LogP contribution is -2.46. The summed E-state index contributed by atoms with van der Waals surface area (Å²) in [5.41, 5.74) is -0.678. The summed E-state index contributed by atoms with van der Waals surface area (Å²) in [6, 6.07) is 0.241. The molecule has 2 heterocycles. The number of halogens is 4. The Labute approximate surface area is 121 Å². The van der Waals surface area contributed by atoms with E-state index in [0.717, 1.165) is 13.1 Å². The predicted molar refractivity (Wildman–Crippen MR) is 72.2 cm³/mol. The number of hydrogen-bond acceptors (Lipinski definition) is 3. The van der Waals surface area contributed by atoms with Gasteiger partial charge in [0.15, 0.2) is 0 Å². The van der Waals surface area contributed by atoms with Gasteiger partial charge in [-0.15, -0.1) is 0 Å². The maximum atomic E-state index is 13.8. The summed E-state index contributed by atoms with van der Waals surface area (Å²) in [5, 5.41) is 0. The van der Waals surface area contributed by atoms with Gasteiger partial charge in [-0.25, -0.2) is 0 Å². The molecule has 0 spiro atoms. The molecule has 1 saturated heterocycles. The fourth-order valence-corrected chi connectivity index (χ4v) is 2.76. The Morgan fingerprint density at radius 2 is 1.52 bits per heavy atom. The van der Waals surface area contributed by atoms with Crippen molar-refractivity contribution < 1.29 is 17.6 Å². The minimum atomic E-state index is -1.62. The third kappa shape index (κ3) is 3.12. The highest BCUT2D eigenvalue weighted by Crippen LogP contribution is 2.29. The Morgan fingerprint density at radius 3 is 1.95 bits per heavy atom. The Bertz CT molecular complexity index is 487. The fraction of sp³-hybridized carbons (Fsp3) is 0.643. The van der Waals surface area contributed by atoms with E-state index in [2.05, 4.69) is 23.7 Å². The van der Waals surface area contributed by atoms with Crippen LogP contribution in [0, 0.1) is 23.5 Å². The molecule has 0 atom stereocenters. The van der Waals surface area contributed by atoms with Crippen LogP contribution in [0.4, 0.5) is 23.2 Å². The first-order valence-electron chi connectivity index (χ1n) is 6.99. The first kappa shape index (κ1) is 16.0. The topological polar surface area (TPSA) is 19.4 Å². The number of hydrogen-bond donors (Lipinski definition) is 0. The molecule has 1 fully saturated rings. The van der Waals surface area contributed by atoms with Gasteiger partial charge in [0, 0.05) is 32.2 Å². The van der Waals surface area contributed by atoms with E-state index < -0.39 is 29.2 Å².